The summed E-state index contributed by atoms with van der Waals surface area (Å²) in [5.74, 6) is -13.0. The van der Waals surface area contributed by atoms with E-state index in [9.17, 15) is 37.1 Å². The van der Waals surface area contributed by atoms with Crippen molar-refractivity contribution in [1.82, 2.24) is 60.0 Å². The van der Waals surface area contributed by atoms with Crippen LogP contribution in [0, 0.1) is 40.9 Å². The van der Waals surface area contributed by atoms with Crippen molar-refractivity contribution in [1.29, 1.82) is 0 Å². The lowest BCUT2D eigenvalue weighted by Crippen LogP contribution is -2.71. The number of nitrogens with zero attached hydrogens (tertiary/aromatic N) is 9. The predicted molar refractivity (Wildman–Crippen MR) is 395 cm³/mol. The van der Waals surface area contributed by atoms with Gasteiger partial charge in [-0.3, -0.25) is 57.5 Å². The van der Waals surface area contributed by atoms with Crippen molar-refractivity contribution in [3.8, 4) is 0 Å². The topological polar surface area (TPSA) is 279 Å². The van der Waals surface area contributed by atoms with Crippen LogP contribution in [-0.2, 0) is 62.3 Å². The molecule has 108 heavy (non-hydrogen) atoms. The molecule has 2 unspecified atom stereocenters. The molecule has 2 bridgehead atoms. The van der Waals surface area contributed by atoms with E-state index in [-0.39, 0.29) is 77.1 Å². The third-order valence-electron chi connectivity index (χ3n) is 24.6. The molecule has 4 saturated carbocycles. The average molecular weight is 1530 g/mol. The van der Waals surface area contributed by atoms with Crippen LogP contribution in [0.25, 0.3) is 0 Å². The van der Waals surface area contributed by atoms with E-state index in [4.69, 9.17) is 4.74 Å². The first-order valence-corrected chi connectivity index (χ1v) is 39.7. The molecular weight excluding hydrogens is 1410 g/mol. The molecule has 0 radical (unpaired) electrons. The zero-order valence-corrected chi connectivity index (χ0v) is 66.7. The molecule has 6 fully saturated rings. The van der Waals surface area contributed by atoms with Crippen molar-refractivity contribution in [3.05, 3.63) is 12.2 Å². The van der Waals surface area contributed by atoms with Gasteiger partial charge in [-0.15, -0.1) is 0 Å². The maximum absolute atomic E-state index is 15.8. The lowest BCUT2D eigenvalue weighted by molar-refractivity contribution is -0.219. The number of rotatable bonds is 15. The zero-order valence-electron chi connectivity index (χ0n) is 66.7. The highest BCUT2D eigenvalue weighted by atomic mass is 19.4. The summed E-state index contributed by atoms with van der Waals surface area (Å²) in [5, 5.41) is 8.69. The minimum Gasteiger partial charge on any atom is -0.377 e. The van der Waals surface area contributed by atoms with Crippen molar-refractivity contribution in [3.63, 3.8) is 0 Å². The van der Waals surface area contributed by atoms with Crippen LogP contribution in [-0.4, -0.2) is 282 Å². The van der Waals surface area contributed by atoms with Crippen molar-refractivity contribution in [2.75, 3.05) is 88.7 Å². The van der Waals surface area contributed by atoms with Crippen LogP contribution in [0.3, 0.4) is 0 Å². The summed E-state index contributed by atoms with van der Waals surface area (Å²) < 4.78 is 79.2. The number of amides is 12. The Morgan fingerprint density at radius 2 is 1.31 bits per heavy atom. The molecule has 12 atom stereocenters. The number of hydrogen-bond donors (Lipinski definition) is 3. The van der Waals surface area contributed by atoms with Gasteiger partial charge < -0.3 is 64.8 Å². The number of carbonyl (C=O) groups excluding carboxylic acids is 12. The van der Waals surface area contributed by atoms with Crippen molar-refractivity contribution in [2.24, 2.45) is 40.9 Å². The van der Waals surface area contributed by atoms with Crippen LogP contribution in [0.1, 0.15) is 203 Å². The molecule has 12 amide bonds. The summed E-state index contributed by atoms with van der Waals surface area (Å²) in [6.45, 7) is 13.6. The monoisotopic (exact) mass is 1530 g/mol. The highest BCUT2D eigenvalue weighted by Crippen LogP contribution is 2.50. The lowest BCUT2D eigenvalue weighted by atomic mass is 9.58. The molecule has 3 aliphatic heterocycles. The van der Waals surface area contributed by atoms with Gasteiger partial charge in [0.2, 0.25) is 70.9 Å². The molecule has 4 aliphatic carbocycles. The Morgan fingerprint density at radius 3 is 1.89 bits per heavy atom. The number of unbranched alkanes of at least 4 members (excludes halogenated alkanes) is 1. The summed E-state index contributed by atoms with van der Waals surface area (Å²) in [7, 11) is 9.98. The Morgan fingerprint density at radius 1 is 0.676 bits per heavy atom. The molecule has 0 aromatic rings. The normalized spacial score (nSPS) is 32.3. The summed E-state index contributed by atoms with van der Waals surface area (Å²) in [6.07, 6.45) is -2.69. The first-order valence-electron chi connectivity index (χ1n) is 39.7. The van der Waals surface area contributed by atoms with E-state index in [1.165, 1.54) is 83.6 Å². The van der Waals surface area contributed by atoms with Gasteiger partial charge >= 0.3 is 6.18 Å². The van der Waals surface area contributed by atoms with Crippen LogP contribution in [0.15, 0.2) is 12.2 Å². The van der Waals surface area contributed by atoms with Gasteiger partial charge in [0.1, 0.15) is 72.1 Å². The Balaban J connectivity index is 1.34. The van der Waals surface area contributed by atoms with Crippen LogP contribution < -0.4 is 16.0 Å². The fraction of sp³-hybridized carbons (Fsp3) is 0.821. The van der Waals surface area contributed by atoms with Crippen LogP contribution >= 0.6 is 0 Å². The fourth-order valence-electron chi connectivity index (χ4n) is 17.9. The van der Waals surface area contributed by atoms with Crippen molar-refractivity contribution in [2.45, 2.75) is 282 Å². The molecule has 610 valence electrons. The third-order valence-corrected chi connectivity index (χ3v) is 24.6. The minimum absolute atomic E-state index is 0.0145. The maximum Gasteiger partial charge on any atom is 0.397 e. The highest BCUT2D eigenvalue weighted by Gasteiger charge is 2.60. The second kappa shape index (κ2) is 38.3. The van der Waals surface area contributed by atoms with E-state index >= 15 is 42.3 Å². The van der Waals surface area contributed by atoms with E-state index in [1.807, 2.05) is 33.8 Å². The standard InChI is InChI=1S/C78H125F5N12O13/c1-16-20-28-56-67(99)85-65(48(6)17-2)73(105)89(11)44-63(98)91(13)57-29-22-21-25-36-94(72(57)104)60(39-49-32-30-47(5)31-33-49)71(103)88(10)43-61(96)84-55(35-34-50-37-53(79)64(54(80)38-50)78(81,82)83)69(101)95-42-52(108-19-4)40-58(95)68(100)86-77(45-76(7,8)46-77)75(107)93(15)66(51-26-23-24-27-51)74(106)92(14)59(41-62(97)90(56)12)70(102)87(9)18-3/h21-22,47-60,64-66H,16-20,23-46H2,1-15H3,(H,84,96)(H,85,99)(H,86,100)/b22-21-/t47?,48-,49?,50?,52+,53?,54?,55-,56-,57-,58-,59-,60-,64?,65-,66-/m0/s1. The molecule has 30 heteroatoms. The van der Waals surface area contributed by atoms with Crippen LogP contribution in [0.2, 0.25) is 0 Å². The van der Waals surface area contributed by atoms with Crippen molar-refractivity contribution < 1.29 is 84.2 Å². The van der Waals surface area contributed by atoms with Gasteiger partial charge in [-0.1, -0.05) is 111 Å². The second-order valence-corrected chi connectivity index (χ2v) is 33.3. The molecular formula is C78H125F5N12O13. The quantitative estimate of drug-likeness (QED) is 0.110. The van der Waals surface area contributed by atoms with E-state index in [1.54, 1.807) is 26.8 Å². The first kappa shape index (κ1) is 88.2. The third kappa shape index (κ3) is 21.4. The number of fused-ring (bicyclic) bond motifs is 3. The SMILES string of the molecule is CCCC[C@H]1C(=O)N[C@@H]([C@@H](C)CC)C(=O)N(C)CC(=O)N(C)[C@H]2C/C=C\CCN(C2=O)[C@@H](CC2CCC(C)CC2)C(=O)N(C)CC(=O)N[C@@H](CCC2CC(F)C(C(F)(F)F)C(F)C2)C(=O)N2C[C@H](OCC)C[C@H]2C(=O)NC2(CC(C)(C)C2)C(=O)N(C)[C@@H](C2CCCC2)C(=O)N(C)[C@H](C(=O)N(C)CC)CC(=O)N1C. The van der Waals surface area contributed by atoms with Gasteiger partial charge in [0.25, 0.3) is 0 Å². The van der Waals surface area contributed by atoms with E-state index < -0.39 is 217 Å². The van der Waals surface area contributed by atoms with Gasteiger partial charge in [0, 0.05) is 82.0 Å². The van der Waals surface area contributed by atoms with Gasteiger partial charge in [-0.25, -0.2) is 8.78 Å². The van der Waals surface area contributed by atoms with Crippen LogP contribution in [0.5, 0.6) is 0 Å². The number of ether oxygens (including phenoxy) is 1. The van der Waals surface area contributed by atoms with Gasteiger partial charge in [-0.05, 0) is 126 Å². The van der Waals surface area contributed by atoms with Crippen molar-refractivity contribution >= 4 is 70.9 Å². The number of nitrogens with one attached hydrogen (secondary N) is 3. The summed E-state index contributed by atoms with van der Waals surface area (Å²) in [4.78, 5) is 194. The number of carbonyl (C=O) groups is 12. The minimum atomic E-state index is -5.18. The van der Waals surface area contributed by atoms with Gasteiger partial charge in [0.05, 0.1) is 25.6 Å². The number of halogens is 5. The molecule has 2 saturated heterocycles. The van der Waals surface area contributed by atoms with E-state index in [2.05, 4.69) is 22.9 Å². The Hall–Kier alpha value is -7.01. The Bertz CT molecular complexity index is 3200. The summed E-state index contributed by atoms with van der Waals surface area (Å²) in [5.41, 5.74) is -2.28. The van der Waals surface area contributed by atoms with E-state index in [0.717, 1.165) is 35.5 Å². The summed E-state index contributed by atoms with van der Waals surface area (Å²) >= 11 is 0. The summed E-state index contributed by atoms with van der Waals surface area (Å²) in [6, 6.07) is -10.6. The molecule has 0 aromatic carbocycles. The molecule has 7 rings (SSSR count). The van der Waals surface area contributed by atoms with Gasteiger partial charge in [-0.2, -0.15) is 13.2 Å². The largest absolute Gasteiger partial charge is 0.397 e. The predicted octanol–water partition coefficient (Wildman–Crippen LogP) is 6.98. The Labute approximate surface area is 635 Å². The molecule has 7 aliphatic rings. The zero-order chi connectivity index (χ0) is 80.2. The fourth-order valence-corrected chi connectivity index (χ4v) is 17.9. The van der Waals surface area contributed by atoms with Crippen LogP contribution in [0.4, 0.5) is 22.0 Å². The smallest absolute Gasteiger partial charge is 0.377 e. The highest BCUT2D eigenvalue weighted by molar-refractivity contribution is 6.01. The molecule has 1 spiro atoms. The molecule has 3 heterocycles. The number of alkyl halides is 5. The average Bonchev–Trinajstić information content (AvgIpc) is 1.01. The first-order chi connectivity index (χ1) is 50.7. The number of likely N-dealkylation sites (N-methyl/N-ethyl adjacent to an activating group) is 7. The molecule has 0 aromatic heterocycles. The van der Waals surface area contributed by atoms with Gasteiger partial charge in [0.15, 0.2) is 0 Å². The maximum atomic E-state index is 15.8. The number of hydrogen-bond acceptors (Lipinski definition) is 13. The second-order valence-electron chi connectivity index (χ2n) is 33.3. The molecule has 3 N–H and O–H groups in total. The lowest BCUT2D eigenvalue weighted by Gasteiger charge is -2.54. The molecule has 25 nitrogen and oxygen atoms in total. The van der Waals surface area contributed by atoms with E-state index in [0.29, 0.717) is 57.3 Å². The Kier molecular flexibility index (Phi) is 31.3.